The van der Waals surface area contributed by atoms with Crippen LogP contribution in [-0.2, 0) is 9.59 Å². The minimum atomic E-state index is -0.338. The third-order valence-corrected chi connectivity index (χ3v) is 0.480. The Balaban J connectivity index is 0. The van der Waals surface area contributed by atoms with Crippen molar-refractivity contribution in [3.63, 3.8) is 0 Å². The van der Waals surface area contributed by atoms with Gasteiger partial charge in [-0.25, -0.2) is 5.16 Å². The van der Waals surface area contributed by atoms with Crippen LogP contribution >= 0.6 is 0 Å². The number of nitrogens with one attached hydrogen (secondary N) is 1. The summed E-state index contributed by atoms with van der Waals surface area (Å²) in [5.74, 6) is -0.338. The van der Waals surface area contributed by atoms with Gasteiger partial charge in [0, 0.05) is 6.42 Å². The number of hydrogen-bond donors (Lipinski definition) is 1. The Morgan fingerprint density at radius 2 is 2.22 bits per heavy atom. The molecule has 0 aromatic rings. The van der Waals surface area contributed by atoms with Crippen molar-refractivity contribution in [2.75, 3.05) is 0 Å². The van der Waals surface area contributed by atoms with Gasteiger partial charge in [0.2, 0.25) is 0 Å². The molecule has 0 aliphatic heterocycles. The highest BCUT2D eigenvalue weighted by molar-refractivity contribution is 6.24. The number of hydrogen-bond acceptors (Lipinski definition) is 3. The SMILES string of the molecule is C=[NH+][O-].CCC(=O)C=O. The van der Waals surface area contributed by atoms with Crippen LogP contribution in [-0.4, -0.2) is 18.8 Å². The van der Waals surface area contributed by atoms with Gasteiger partial charge in [-0.05, 0) is 0 Å². The standard InChI is InChI=1S/C4H6O2.CH3NO/c1-2-4(6)3-5;1-2-3/h3H,2H2,1H3;2H,1H2. The number of Topliss-reactive ketones (excluding diaryl/α,β-unsaturated/α-hetero) is 1. The molecule has 0 aliphatic rings. The van der Waals surface area contributed by atoms with E-state index in [1.807, 2.05) is 0 Å². The first-order valence-electron chi connectivity index (χ1n) is 2.35. The zero-order valence-corrected chi connectivity index (χ0v) is 5.22. The smallest absolute Gasteiger partial charge is 0.194 e. The van der Waals surface area contributed by atoms with E-state index in [0.29, 0.717) is 12.7 Å². The van der Waals surface area contributed by atoms with E-state index in [9.17, 15) is 9.59 Å². The number of ketones is 1. The molecule has 0 heterocycles. The van der Waals surface area contributed by atoms with Crippen molar-refractivity contribution in [1.29, 1.82) is 0 Å². The quantitative estimate of drug-likeness (QED) is 0.162. The van der Waals surface area contributed by atoms with E-state index in [4.69, 9.17) is 5.21 Å². The summed E-state index contributed by atoms with van der Waals surface area (Å²) >= 11 is 0. The van der Waals surface area contributed by atoms with Crippen LogP contribution in [0.2, 0.25) is 0 Å². The number of carbonyl (C=O) groups excluding carboxylic acids is 2. The van der Waals surface area contributed by atoms with E-state index >= 15 is 0 Å². The maximum atomic E-state index is 9.81. The summed E-state index contributed by atoms with van der Waals surface area (Å²) in [5.41, 5.74) is 0. The Morgan fingerprint density at radius 1 is 1.89 bits per heavy atom. The van der Waals surface area contributed by atoms with Crippen LogP contribution in [0.15, 0.2) is 0 Å². The molecule has 0 amide bonds. The van der Waals surface area contributed by atoms with Crippen molar-refractivity contribution in [3.8, 4) is 0 Å². The summed E-state index contributed by atoms with van der Waals surface area (Å²) in [4.78, 5) is 19.2. The molecule has 0 aliphatic carbocycles. The number of aldehydes is 1. The van der Waals surface area contributed by atoms with E-state index in [1.165, 1.54) is 5.16 Å². The monoisotopic (exact) mass is 131 g/mol. The average molecular weight is 131 g/mol. The number of carbonyl (C=O) groups is 2. The molecule has 0 aromatic heterocycles. The lowest BCUT2D eigenvalue weighted by Crippen LogP contribution is -2.56. The fourth-order valence-electron chi connectivity index (χ4n) is 0.0833. The Labute approximate surface area is 53.2 Å². The van der Waals surface area contributed by atoms with E-state index in [1.54, 1.807) is 6.92 Å². The summed E-state index contributed by atoms with van der Waals surface area (Å²) in [7, 11) is 0. The summed E-state index contributed by atoms with van der Waals surface area (Å²) < 4.78 is 0. The van der Waals surface area contributed by atoms with Crippen molar-refractivity contribution in [2.45, 2.75) is 13.3 Å². The first kappa shape index (κ1) is 10.7. The first-order chi connectivity index (χ1) is 4.22. The van der Waals surface area contributed by atoms with E-state index in [-0.39, 0.29) is 5.78 Å². The molecule has 52 valence electrons. The predicted octanol–water partition coefficient (Wildman–Crippen LogP) is -1.57. The molecule has 4 heteroatoms. The van der Waals surface area contributed by atoms with Crippen molar-refractivity contribution in [3.05, 3.63) is 5.21 Å². The molecule has 9 heavy (non-hydrogen) atoms. The Hall–Kier alpha value is -1.19. The fraction of sp³-hybridized carbons (Fsp3) is 0.400. The van der Waals surface area contributed by atoms with Crippen LogP contribution < -0.4 is 5.16 Å². The lowest BCUT2D eigenvalue weighted by Gasteiger charge is -1.71. The van der Waals surface area contributed by atoms with Gasteiger partial charge in [-0.15, -0.1) is 0 Å². The van der Waals surface area contributed by atoms with Crippen LogP contribution in [0.5, 0.6) is 0 Å². The van der Waals surface area contributed by atoms with Gasteiger partial charge in [-0.3, -0.25) is 9.59 Å². The minimum Gasteiger partial charge on any atom is -0.626 e. The largest absolute Gasteiger partial charge is 0.626 e. The van der Waals surface area contributed by atoms with Crippen LogP contribution in [0, 0.1) is 5.21 Å². The Kier molecular flexibility index (Phi) is 11.8. The molecule has 0 bridgehead atoms. The average Bonchev–Trinajstić information content (AvgIpc) is 1.88. The van der Waals surface area contributed by atoms with Gasteiger partial charge in [0.15, 0.2) is 12.1 Å². The van der Waals surface area contributed by atoms with Gasteiger partial charge in [0.25, 0.3) is 0 Å². The van der Waals surface area contributed by atoms with Gasteiger partial charge in [0.05, 0.1) is 0 Å². The highest BCUT2D eigenvalue weighted by Gasteiger charge is 1.87. The molecule has 1 N–H and O–H groups in total. The van der Waals surface area contributed by atoms with E-state index in [2.05, 4.69) is 6.72 Å². The van der Waals surface area contributed by atoms with Crippen LogP contribution in [0.4, 0.5) is 0 Å². The predicted molar refractivity (Wildman–Crippen MR) is 32.8 cm³/mol. The fourth-order valence-corrected chi connectivity index (χ4v) is 0.0833. The van der Waals surface area contributed by atoms with Gasteiger partial charge in [-0.1, -0.05) is 6.92 Å². The number of rotatable bonds is 2. The van der Waals surface area contributed by atoms with Gasteiger partial charge in [-0.2, -0.15) is 0 Å². The summed E-state index contributed by atoms with van der Waals surface area (Å²) in [6, 6.07) is 0. The topological polar surface area (TPSA) is 71.2 Å². The molecule has 0 saturated carbocycles. The van der Waals surface area contributed by atoms with E-state index in [0.717, 1.165) is 0 Å². The summed E-state index contributed by atoms with van der Waals surface area (Å²) in [5, 5.41) is 9.82. The lowest BCUT2D eigenvalue weighted by molar-refractivity contribution is -0.361. The van der Waals surface area contributed by atoms with Crippen molar-refractivity contribution in [1.82, 2.24) is 0 Å². The third-order valence-electron chi connectivity index (χ3n) is 0.480. The second kappa shape index (κ2) is 9.94. The summed E-state index contributed by atoms with van der Waals surface area (Å²) in [6.45, 7) is 4.33. The molecule has 0 atom stereocenters. The first-order valence-corrected chi connectivity index (χ1v) is 2.35. The zero-order valence-electron chi connectivity index (χ0n) is 5.22. The van der Waals surface area contributed by atoms with E-state index < -0.39 is 0 Å². The maximum Gasteiger partial charge on any atom is 0.194 e. The maximum absolute atomic E-state index is 9.81. The van der Waals surface area contributed by atoms with Crippen LogP contribution in [0.1, 0.15) is 13.3 Å². The highest BCUT2D eigenvalue weighted by Crippen LogP contribution is 1.69. The van der Waals surface area contributed by atoms with Gasteiger partial charge >= 0.3 is 0 Å². The van der Waals surface area contributed by atoms with Gasteiger partial charge < -0.3 is 5.21 Å². The molecule has 0 aromatic carbocycles. The Bertz CT molecular complexity index is 100. The molecule has 0 fully saturated rings. The molecule has 0 spiro atoms. The van der Waals surface area contributed by atoms with Crippen LogP contribution in [0.3, 0.4) is 0 Å². The summed E-state index contributed by atoms with van der Waals surface area (Å²) in [6.07, 6.45) is 0.656. The molecule has 0 unspecified atom stereocenters. The van der Waals surface area contributed by atoms with Crippen molar-refractivity contribution < 1.29 is 14.7 Å². The third kappa shape index (κ3) is 20.0. The molecule has 0 saturated heterocycles. The molecular weight excluding hydrogens is 122 g/mol. The molecule has 0 radical (unpaired) electrons. The minimum absolute atomic E-state index is 0.323. The van der Waals surface area contributed by atoms with Gasteiger partial charge in [0.1, 0.15) is 6.72 Å². The lowest BCUT2D eigenvalue weighted by atomic mass is 10.3. The normalized spacial score (nSPS) is 6.33. The highest BCUT2D eigenvalue weighted by atomic mass is 16.4. The second-order valence-electron chi connectivity index (χ2n) is 1.08. The Morgan fingerprint density at radius 3 is 2.22 bits per heavy atom. The second-order valence-corrected chi connectivity index (χ2v) is 1.08. The van der Waals surface area contributed by atoms with Crippen molar-refractivity contribution in [2.24, 2.45) is 0 Å². The molecule has 0 rings (SSSR count). The molecule has 4 nitrogen and oxygen atoms in total. The zero-order chi connectivity index (χ0) is 7.70. The van der Waals surface area contributed by atoms with Crippen LogP contribution in [0.25, 0.3) is 0 Å². The van der Waals surface area contributed by atoms with Crippen molar-refractivity contribution >= 4 is 18.8 Å². The molecular formula is C5H9NO3.